The van der Waals surface area contributed by atoms with Crippen LogP contribution < -0.4 is 0 Å². The molecule has 0 saturated heterocycles. The van der Waals surface area contributed by atoms with Crippen molar-refractivity contribution in [3.63, 3.8) is 0 Å². The molecule has 11 heavy (non-hydrogen) atoms. The van der Waals surface area contributed by atoms with Crippen molar-refractivity contribution in [3.05, 3.63) is 11.5 Å². The van der Waals surface area contributed by atoms with E-state index in [1.54, 1.807) is 0 Å². The van der Waals surface area contributed by atoms with Gasteiger partial charge in [0, 0.05) is 0 Å². The van der Waals surface area contributed by atoms with E-state index in [4.69, 9.17) is 21.7 Å². The Bertz CT molecular complexity index is 105. The molecule has 0 atom stereocenters. The number of hydrogen-bond acceptors (Lipinski definition) is 2. The van der Waals surface area contributed by atoms with Crippen LogP contribution in [0.15, 0.2) is 0 Å². The molecule has 0 saturated carbocycles. The smallest absolute Gasteiger partial charge is 0.668 e. The van der Waals surface area contributed by atoms with Crippen molar-refractivity contribution in [2.75, 3.05) is 13.1 Å². The zero-order valence-corrected chi connectivity index (χ0v) is 8.04. The van der Waals surface area contributed by atoms with Crippen LogP contribution in [-0.2, 0) is 9.59 Å². The fraction of sp³-hybridized carbons (Fsp3) is 0.500. The molecule has 0 amide bonds. The van der Waals surface area contributed by atoms with Crippen molar-refractivity contribution in [2.24, 2.45) is 0 Å². The first-order valence-electron chi connectivity index (χ1n) is 2.27. The molecule has 0 rings (SSSR count). The van der Waals surface area contributed by atoms with Gasteiger partial charge >= 0.3 is 37.7 Å². The second-order valence-corrected chi connectivity index (χ2v) is 1.14. The van der Waals surface area contributed by atoms with Crippen molar-refractivity contribution >= 4 is 49.7 Å². The van der Waals surface area contributed by atoms with Gasteiger partial charge < -0.3 is 21.7 Å². The number of carbonyl (C=O) groups is 2. The summed E-state index contributed by atoms with van der Waals surface area (Å²) in [5.41, 5.74) is 12.1. The largest absolute Gasteiger partial charge is 2.00 e. The minimum absolute atomic E-state index is 0. The van der Waals surface area contributed by atoms with Crippen molar-refractivity contribution in [3.8, 4) is 0 Å². The number of carboxylic acids is 2. The van der Waals surface area contributed by atoms with E-state index in [1.165, 1.54) is 0 Å². The Morgan fingerprint density at radius 3 is 1.09 bits per heavy atom. The van der Waals surface area contributed by atoms with Crippen LogP contribution >= 0.6 is 0 Å². The Morgan fingerprint density at radius 1 is 1.00 bits per heavy atom. The SMILES string of the molecule is [Ca+2].[NH-]CC(=O)O.[NH-]CC(=O)O. The summed E-state index contributed by atoms with van der Waals surface area (Å²) in [5, 5.41) is 15.1. The van der Waals surface area contributed by atoms with E-state index in [0.717, 1.165) is 0 Å². The first kappa shape index (κ1) is 17.3. The number of hydrogen-bond donors (Lipinski definition) is 2. The van der Waals surface area contributed by atoms with Gasteiger partial charge in [-0.15, -0.1) is 0 Å². The maximum Gasteiger partial charge on any atom is 2.00 e. The van der Waals surface area contributed by atoms with Crippen LogP contribution in [0, 0.1) is 0 Å². The Hall–Kier alpha value is 0.120. The summed E-state index contributed by atoms with van der Waals surface area (Å²) in [5.74, 6) is -2.16. The Morgan fingerprint density at radius 2 is 1.09 bits per heavy atom. The third-order valence-electron chi connectivity index (χ3n) is 0.302. The van der Waals surface area contributed by atoms with E-state index < -0.39 is 25.0 Å². The van der Waals surface area contributed by atoms with Gasteiger partial charge in [-0.3, -0.25) is 9.59 Å². The van der Waals surface area contributed by atoms with E-state index in [-0.39, 0.29) is 37.7 Å². The minimum Gasteiger partial charge on any atom is -0.668 e. The molecule has 0 aromatic rings. The zero-order valence-electron chi connectivity index (χ0n) is 5.83. The molecule has 0 aliphatic heterocycles. The van der Waals surface area contributed by atoms with Gasteiger partial charge in [0.05, 0.1) is 0 Å². The molecular formula is C4H8CaN2O4. The predicted octanol–water partition coefficient (Wildman–Crippen LogP) is -0.134. The second-order valence-electron chi connectivity index (χ2n) is 1.14. The van der Waals surface area contributed by atoms with Crippen LogP contribution in [0.3, 0.4) is 0 Å². The van der Waals surface area contributed by atoms with Gasteiger partial charge in [0.2, 0.25) is 0 Å². The second kappa shape index (κ2) is 12.8. The van der Waals surface area contributed by atoms with Gasteiger partial charge in [-0.1, -0.05) is 13.1 Å². The third-order valence-corrected chi connectivity index (χ3v) is 0.302. The van der Waals surface area contributed by atoms with Gasteiger partial charge in [-0.2, -0.15) is 0 Å². The molecule has 0 bridgehead atoms. The van der Waals surface area contributed by atoms with E-state index in [2.05, 4.69) is 0 Å². The first-order valence-corrected chi connectivity index (χ1v) is 2.27. The molecule has 0 aliphatic carbocycles. The summed E-state index contributed by atoms with van der Waals surface area (Å²) in [7, 11) is 0. The van der Waals surface area contributed by atoms with Crippen molar-refractivity contribution in [1.82, 2.24) is 0 Å². The number of aliphatic carboxylic acids is 2. The van der Waals surface area contributed by atoms with Crippen LogP contribution in [0.2, 0.25) is 0 Å². The van der Waals surface area contributed by atoms with Gasteiger partial charge in [0.1, 0.15) is 0 Å². The predicted molar refractivity (Wildman–Crippen MR) is 39.4 cm³/mol. The minimum atomic E-state index is -1.08. The number of carboxylic acid groups (broad SMARTS) is 2. The number of rotatable bonds is 2. The molecule has 4 N–H and O–H groups in total. The van der Waals surface area contributed by atoms with Crippen molar-refractivity contribution in [2.45, 2.75) is 0 Å². The maximum atomic E-state index is 9.18. The topological polar surface area (TPSA) is 122 Å². The van der Waals surface area contributed by atoms with Crippen LogP contribution in [0.4, 0.5) is 0 Å². The van der Waals surface area contributed by atoms with Gasteiger partial charge in [-0.25, -0.2) is 0 Å². The third kappa shape index (κ3) is 39.3. The average molecular weight is 188 g/mol. The molecule has 0 spiro atoms. The van der Waals surface area contributed by atoms with Crippen LogP contribution in [-0.4, -0.2) is 73.0 Å². The van der Waals surface area contributed by atoms with E-state index in [0.29, 0.717) is 0 Å². The molecule has 0 fully saturated rings. The summed E-state index contributed by atoms with van der Waals surface area (Å²) in [6.07, 6.45) is 0. The number of nitrogens with one attached hydrogen (secondary N) is 2. The van der Waals surface area contributed by atoms with Crippen molar-refractivity contribution in [1.29, 1.82) is 0 Å². The first-order chi connectivity index (χ1) is 4.54. The molecule has 0 aromatic heterocycles. The molecular weight excluding hydrogens is 180 g/mol. The maximum absolute atomic E-state index is 9.18. The standard InChI is InChI=1S/2C2H4NO2.Ca/c2*3-1-2(4)5;/h2*3H,1H2,(H,4,5);/q2*-1;+2. The van der Waals surface area contributed by atoms with E-state index in [1.807, 2.05) is 0 Å². The summed E-state index contributed by atoms with van der Waals surface area (Å²) in [6.45, 7) is -1.06. The summed E-state index contributed by atoms with van der Waals surface area (Å²) >= 11 is 0. The fourth-order valence-electron chi connectivity index (χ4n) is 0. The van der Waals surface area contributed by atoms with E-state index >= 15 is 0 Å². The summed E-state index contributed by atoms with van der Waals surface area (Å²) < 4.78 is 0. The summed E-state index contributed by atoms with van der Waals surface area (Å²) in [4.78, 5) is 18.4. The molecule has 0 unspecified atom stereocenters. The molecule has 0 aromatic carbocycles. The quantitative estimate of drug-likeness (QED) is 0.585. The van der Waals surface area contributed by atoms with Gasteiger partial charge in [-0.05, 0) is 0 Å². The van der Waals surface area contributed by atoms with Gasteiger partial charge in [0.15, 0.2) is 0 Å². The van der Waals surface area contributed by atoms with Crippen molar-refractivity contribution < 1.29 is 19.8 Å². The monoisotopic (exact) mass is 188 g/mol. The van der Waals surface area contributed by atoms with Crippen LogP contribution in [0.25, 0.3) is 11.5 Å². The molecule has 6 nitrogen and oxygen atoms in total. The van der Waals surface area contributed by atoms with Crippen LogP contribution in [0.1, 0.15) is 0 Å². The zero-order chi connectivity index (χ0) is 8.57. The molecule has 7 heteroatoms. The Kier molecular flexibility index (Phi) is 20.0. The summed E-state index contributed by atoms with van der Waals surface area (Å²) in [6, 6.07) is 0. The molecule has 60 valence electrons. The Balaban J connectivity index is -0.000000107. The normalized spacial score (nSPS) is 6.73. The average Bonchev–Trinajstić information content (AvgIpc) is 1.89. The molecule has 0 heterocycles. The Labute approximate surface area is 93.5 Å². The van der Waals surface area contributed by atoms with E-state index in [9.17, 15) is 9.59 Å². The van der Waals surface area contributed by atoms with Gasteiger partial charge in [0.25, 0.3) is 11.9 Å². The fourth-order valence-corrected chi connectivity index (χ4v) is 0. The molecule has 0 aliphatic rings. The molecule has 0 radical (unpaired) electrons. The van der Waals surface area contributed by atoms with Crippen LogP contribution in [0.5, 0.6) is 0 Å².